The largest absolute Gasteiger partial charge is 0.486 e. The van der Waals surface area contributed by atoms with Crippen molar-refractivity contribution in [2.75, 3.05) is 13.2 Å². The molecule has 0 unspecified atom stereocenters. The second kappa shape index (κ2) is 6.57. The molecule has 0 radical (unpaired) electrons. The number of ether oxygens (including phenoxy) is 2. The molecule has 0 atom stereocenters. The molecule has 0 saturated heterocycles. The quantitative estimate of drug-likeness (QED) is 0.895. The van der Waals surface area contributed by atoms with E-state index in [0.29, 0.717) is 36.3 Å². The summed E-state index contributed by atoms with van der Waals surface area (Å²) in [6, 6.07) is 8.61. The van der Waals surface area contributed by atoms with Crippen molar-refractivity contribution in [2.45, 2.75) is 17.6 Å². The molecule has 134 valence electrons. The van der Waals surface area contributed by atoms with Crippen LogP contribution in [0.15, 0.2) is 47.4 Å². The lowest BCUT2D eigenvalue weighted by Crippen LogP contribution is -2.25. The van der Waals surface area contributed by atoms with E-state index < -0.39 is 26.7 Å². The summed E-state index contributed by atoms with van der Waals surface area (Å²) in [6.45, 7) is 0.599. The van der Waals surface area contributed by atoms with Gasteiger partial charge in [-0.15, -0.1) is 0 Å². The number of fused-ring (bicyclic) bond motifs is 1. The predicted molar refractivity (Wildman–Crippen MR) is 82.9 cm³/mol. The zero-order valence-electron chi connectivity index (χ0n) is 12.8. The van der Waals surface area contributed by atoms with Gasteiger partial charge in [-0.2, -0.15) is 13.2 Å². The molecule has 1 N–H and O–H groups in total. The first-order valence-corrected chi connectivity index (χ1v) is 8.80. The van der Waals surface area contributed by atoms with E-state index in [1.54, 1.807) is 18.2 Å². The molecule has 0 spiro atoms. The van der Waals surface area contributed by atoms with Gasteiger partial charge in [-0.3, -0.25) is 0 Å². The van der Waals surface area contributed by atoms with Gasteiger partial charge in [0.25, 0.3) is 0 Å². The normalized spacial score (nSPS) is 14.4. The zero-order valence-corrected chi connectivity index (χ0v) is 13.7. The first kappa shape index (κ1) is 17.6. The van der Waals surface area contributed by atoms with Crippen molar-refractivity contribution in [3.05, 3.63) is 53.6 Å². The minimum atomic E-state index is -4.62. The van der Waals surface area contributed by atoms with Crippen LogP contribution in [0.5, 0.6) is 11.5 Å². The number of benzene rings is 2. The third kappa shape index (κ3) is 3.88. The highest BCUT2D eigenvalue weighted by atomic mass is 32.2. The van der Waals surface area contributed by atoms with Crippen LogP contribution in [0.2, 0.25) is 0 Å². The minimum absolute atomic E-state index is 0.134. The van der Waals surface area contributed by atoms with E-state index in [1.165, 1.54) is 0 Å². The Morgan fingerprint density at radius 3 is 2.52 bits per heavy atom. The van der Waals surface area contributed by atoms with Crippen LogP contribution in [0.3, 0.4) is 0 Å². The molecule has 0 aromatic heterocycles. The molecule has 3 rings (SSSR count). The SMILES string of the molecule is O=S(=O)(NCc1cccc2c1OCCO2)c1cccc(C(F)(F)F)c1. The fourth-order valence-electron chi connectivity index (χ4n) is 2.37. The van der Waals surface area contributed by atoms with Gasteiger partial charge in [0, 0.05) is 12.1 Å². The standard InChI is InChI=1S/C16H14F3NO4S/c17-16(18,19)12-4-2-5-13(9-12)25(21,22)20-10-11-3-1-6-14-15(11)24-8-7-23-14/h1-6,9,20H,7-8,10H2. The third-order valence-electron chi connectivity index (χ3n) is 3.57. The fourth-order valence-corrected chi connectivity index (χ4v) is 3.42. The topological polar surface area (TPSA) is 64.6 Å². The third-order valence-corrected chi connectivity index (χ3v) is 4.97. The molecule has 0 aliphatic carbocycles. The lowest BCUT2D eigenvalue weighted by Gasteiger charge is -2.21. The van der Waals surface area contributed by atoms with Crippen LogP contribution in [-0.2, 0) is 22.7 Å². The molecule has 0 bridgehead atoms. The second-order valence-corrected chi connectivity index (χ2v) is 7.06. The fraction of sp³-hybridized carbons (Fsp3) is 0.250. The highest BCUT2D eigenvalue weighted by Gasteiger charge is 2.31. The summed E-state index contributed by atoms with van der Waals surface area (Å²) in [5.74, 6) is 0.933. The molecule has 0 fully saturated rings. The number of nitrogens with one attached hydrogen (secondary N) is 1. The Bertz CT molecular complexity index is 881. The lowest BCUT2D eigenvalue weighted by atomic mass is 10.2. The van der Waals surface area contributed by atoms with Gasteiger partial charge in [0.05, 0.1) is 10.5 Å². The van der Waals surface area contributed by atoms with Crippen LogP contribution in [0.25, 0.3) is 0 Å². The van der Waals surface area contributed by atoms with Crippen molar-refractivity contribution in [3.63, 3.8) is 0 Å². The minimum Gasteiger partial charge on any atom is -0.486 e. The van der Waals surface area contributed by atoms with Crippen LogP contribution >= 0.6 is 0 Å². The monoisotopic (exact) mass is 373 g/mol. The van der Waals surface area contributed by atoms with Gasteiger partial charge in [-0.1, -0.05) is 18.2 Å². The van der Waals surface area contributed by atoms with E-state index in [-0.39, 0.29) is 6.54 Å². The summed E-state index contributed by atoms with van der Waals surface area (Å²) in [6.07, 6.45) is -4.62. The summed E-state index contributed by atoms with van der Waals surface area (Å²) < 4.78 is 76.0. The van der Waals surface area contributed by atoms with Gasteiger partial charge < -0.3 is 9.47 Å². The molecule has 0 amide bonds. The van der Waals surface area contributed by atoms with Crippen LogP contribution in [0, 0.1) is 0 Å². The Hall–Kier alpha value is -2.26. The Morgan fingerprint density at radius 2 is 1.76 bits per heavy atom. The molecule has 2 aromatic carbocycles. The number of alkyl halides is 3. The second-order valence-electron chi connectivity index (χ2n) is 5.29. The van der Waals surface area contributed by atoms with Crippen molar-refractivity contribution < 1.29 is 31.1 Å². The van der Waals surface area contributed by atoms with Gasteiger partial charge in [-0.05, 0) is 24.3 Å². The maximum Gasteiger partial charge on any atom is 0.416 e. The average molecular weight is 373 g/mol. The number of halogens is 3. The molecule has 0 saturated carbocycles. The molecular weight excluding hydrogens is 359 g/mol. The van der Waals surface area contributed by atoms with Crippen molar-refractivity contribution in [1.82, 2.24) is 4.72 Å². The van der Waals surface area contributed by atoms with E-state index in [4.69, 9.17) is 9.47 Å². The molecule has 1 aliphatic rings. The molecule has 5 nitrogen and oxygen atoms in total. The van der Waals surface area contributed by atoms with Crippen molar-refractivity contribution in [1.29, 1.82) is 0 Å². The Morgan fingerprint density at radius 1 is 1.04 bits per heavy atom. The smallest absolute Gasteiger partial charge is 0.416 e. The van der Waals surface area contributed by atoms with Gasteiger partial charge in [0.15, 0.2) is 11.5 Å². The molecule has 1 aliphatic heterocycles. The Balaban J connectivity index is 1.82. The molecule has 25 heavy (non-hydrogen) atoms. The first-order valence-electron chi connectivity index (χ1n) is 7.32. The predicted octanol–water partition coefficient (Wildman–Crippen LogP) is 2.96. The summed E-state index contributed by atoms with van der Waals surface area (Å²) >= 11 is 0. The highest BCUT2D eigenvalue weighted by molar-refractivity contribution is 7.89. The van der Waals surface area contributed by atoms with Crippen LogP contribution in [-0.4, -0.2) is 21.6 Å². The Kier molecular flexibility index (Phi) is 4.61. The van der Waals surface area contributed by atoms with Gasteiger partial charge in [0.1, 0.15) is 13.2 Å². The molecular formula is C16H14F3NO4S. The summed E-state index contributed by atoms with van der Waals surface area (Å²) in [7, 11) is -4.11. The summed E-state index contributed by atoms with van der Waals surface area (Å²) in [5, 5.41) is 0. The number of hydrogen-bond acceptors (Lipinski definition) is 4. The van der Waals surface area contributed by atoms with Gasteiger partial charge >= 0.3 is 6.18 Å². The summed E-state index contributed by atoms with van der Waals surface area (Å²) in [5.41, 5.74) is -0.489. The van der Waals surface area contributed by atoms with Crippen LogP contribution < -0.4 is 14.2 Å². The van der Waals surface area contributed by atoms with Crippen molar-refractivity contribution >= 4 is 10.0 Å². The van der Waals surface area contributed by atoms with E-state index in [2.05, 4.69) is 4.72 Å². The molecule has 1 heterocycles. The van der Waals surface area contributed by atoms with Crippen molar-refractivity contribution in [3.8, 4) is 11.5 Å². The summed E-state index contributed by atoms with van der Waals surface area (Å²) in [4.78, 5) is -0.454. The highest BCUT2D eigenvalue weighted by Crippen LogP contribution is 2.34. The van der Waals surface area contributed by atoms with Gasteiger partial charge in [0.2, 0.25) is 10.0 Å². The van der Waals surface area contributed by atoms with Crippen LogP contribution in [0.4, 0.5) is 13.2 Å². The van der Waals surface area contributed by atoms with E-state index >= 15 is 0 Å². The number of rotatable bonds is 4. The Labute approximate surface area is 142 Å². The number of hydrogen-bond donors (Lipinski definition) is 1. The van der Waals surface area contributed by atoms with Gasteiger partial charge in [-0.25, -0.2) is 13.1 Å². The van der Waals surface area contributed by atoms with E-state index in [1.807, 2.05) is 0 Å². The van der Waals surface area contributed by atoms with E-state index in [0.717, 1.165) is 18.2 Å². The maximum absolute atomic E-state index is 12.7. The van der Waals surface area contributed by atoms with E-state index in [9.17, 15) is 21.6 Å². The lowest BCUT2D eigenvalue weighted by molar-refractivity contribution is -0.137. The average Bonchev–Trinajstić information content (AvgIpc) is 2.59. The first-order chi connectivity index (χ1) is 11.8. The van der Waals surface area contributed by atoms with Crippen LogP contribution in [0.1, 0.15) is 11.1 Å². The molecule has 2 aromatic rings. The zero-order chi connectivity index (χ0) is 18.1. The maximum atomic E-state index is 12.7. The molecule has 9 heteroatoms. The van der Waals surface area contributed by atoms with Crippen molar-refractivity contribution in [2.24, 2.45) is 0 Å². The number of sulfonamides is 1. The number of para-hydroxylation sites is 1.